The van der Waals surface area contributed by atoms with Gasteiger partial charge in [0.15, 0.2) is 0 Å². The Morgan fingerprint density at radius 1 is 1.60 bits per heavy atom. The Hall–Kier alpha value is -0.340. The lowest BCUT2D eigenvalue weighted by molar-refractivity contribution is -0.192. The molecular weight excluding hydrogens is 128 g/mol. The average molecular weight is 142 g/mol. The Morgan fingerprint density at radius 3 is 2.70 bits per heavy atom. The maximum atomic E-state index is 5.49. The van der Waals surface area contributed by atoms with Crippen molar-refractivity contribution >= 4 is 0 Å². The van der Waals surface area contributed by atoms with Crippen LogP contribution in [0.5, 0.6) is 0 Å². The van der Waals surface area contributed by atoms with Crippen LogP contribution < -0.4 is 0 Å². The number of hydrogen-bond donors (Lipinski definition) is 0. The van der Waals surface area contributed by atoms with Crippen molar-refractivity contribution in [2.75, 3.05) is 19.8 Å². The number of rotatable bonds is 3. The van der Waals surface area contributed by atoms with Gasteiger partial charge >= 0.3 is 0 Å². The second kappa shape index (κ2) is 3.17. The van der Waals surface area contributed by atoms with Gasteiger partial charge in [-0.25, -0.2) is 0 Å². The van der Waals surface area contributed by atoms with E-state index < -0.39 is 0 Å². The maximum absolute atomic E-state index is 5.49. The predicted molar refractivity (Wildman–Crippen MR) is 40.0 cm³/mol. The third-order valence-corrected chi connectivity index (χ3v) is 1.58. The van der Waals surface area contributed by atoms with Crippen LogP contribution in [0, 0.1) is 0 Å². The summed E-state index contributed by atoms with van der Waals surface area (Å²) in [5.74, 6) is 0. The van der Waals surface area contributed by atoms with Crippen molar-refractivity contribution in [1.29, 1.82) is 0 Å². The van der Waals surface area contributed by atoms with E-state index in [4.69, 9.17) is 9.47 Å². The van der Waals surface area contributed by atoms with Crippen LogP contribution in [0.3, 0.4) is 0 Å². The van der Waals surface area contributed by atoms with Crippen molar-refractivity contribution < 1.29 is 9.47 Å². The van der Waals surface area contributed by atoms with Gasteiger partial charge in [0.2, 0.25) is 0 Å². The highest BCUT2D eigenvalue weighted by molar-refractivity contribution is 4.85. The van der Waals surface area contributed by atoms with Gasteiger partial charge in [0.25, 0.3) is 0 Å². The molecule has 0 unspecified atom stereocenters. The van der Waals surface area contributed by atoms with Gasteiger partial charge in [0.1, 0.15) is 5.60 Å². The summed E-state index contributed by atoms with van der Waals surface area (Å²) in [6.45, 7) is 6.24. The molecular formula is C8H14O2. The minimum atomic E-state index is -0.000486. The Kier molecular flexibility index (Phi) is 2.46. The third-order valence-electron chi connectivity index (χ3n) is 1.58. The molecule has 2 nitrogen and oxygen atoms in total. The molecule has 2 heteroatoms. The van der Waals surface area contributed by atoms with Crippen LogP contribution in [0.4, 0.5) is 0 Å². The van der Waals surface area contributed by atoms with E-state index in [1.807, 2.05) is 19.1 Å². The third kappa shape index (κ3) is 1.82. The number of allylic oxidation sites excluding steroid dienone is 1. The first kappa shape index (κ1) is 7.76. The van der Waals surface area contributed by atoms with Gasteiger partial charge in [-0.3, -0.25) is 0 Å². The van der Waals surface area contributed by atoms with E-state index in [1.54, 1.807) is 0 Å². The summed E-state index contributed by atoms with van der Waals surface area (Å²) in [6.07, 6.45) is 3.99. The molecule has 0 amide bonds. The molecule has 1 aliphatic rings. The summed E-state index contributed by atoms with van der Waals surface area (Å²) in [4.78, 5) is 0. The first-order chi connectivity index (χ1) is 4.77. The first-order valence-electron chi connectivity index (χ1n) is 3.60. The smallest absolute Gasteiger partial charge is 0.112 e. The molecule has 1 heterocycles. The van der Waals surface area contributed by atoms with Gasteiger partial charge in [0, 0.05) is 0 Å². The van der Waals surface area contributed by atoms with Crippen molar-refractivity contribution in [3.63, 3.8) is 0 Å². The summed E-state index contributed by atoms with van der Waals surface area (Å²) in [5, 5.41) is 0. The fraction of sp³-hybridized carbons (Fsp3) is 0.750. The average Bonchev–Trinajstić information content (AvgIpc) is 1.85. The molecule has 58 valence electrons. The molecule has 0 aromatic heterocycles. The van der Waals surface area contributed by atoms with E-state index in [1.165, 1.54) is 0 Å². The second-order valence-electron chi connectivity index (χ2n) is 2.82. The van der Waals surface area contributed by atoms with E-state index in [-0.39, 0.29) is 5.60 Å². The molecule has 0 aromatic rings. The largest absolute Gasteiger partial charge is 0.375 e. The van der Waals surface area contributed by atoms with Gasteiger partial charge in [-0.15, -0.1) is 0 Å². The molecule has 0 aliphatic carbocycles. The lowest BCUT2D eigenvalue weighted by atomic mass is 10.1. The van der Waals surface area contributed by atoms with Crippen LogP contribution in [0.15, 0.2) is 12.2 Å². The normalized spacial score (nSPS) is 23.0. The van der Waals surface area contributed by atoms with Gasteiger partial charge in [-0.1, -0.05) is 12.2 Å². The molecule has 10 heavy (non-hydrogen) atoms. The van der Waals surface area contributed by atoms with Crippen molar-refractivity contribution in [2.24, 2.45) is 0 Å². The Labute approximate surface area is 61.8 Å². The van der Waals surface area contributed by atoms with Gasteiger partial charge in [-0.2, -0.15) is 0 Å². The van der Waals surface area contributed by atoms with Crippen LogP contribution in [0.25, 0.3) is 0 Å². The van der Waals surface area contributed by atoms with Crippen LogP contribution in [-0.4, -0.2) is 25.4 Å². The molecule has 1 aliphatic heterocycles. The summed E-state index contributed by atoms with van der Waals surface area (Å²) in [6, 6.07) is 0. The van der Waals surface area contributed by atoms with Crippen molar-refractivity contribution in [3.8, 4) is 0 Å². The zero-order valence-corrected chi connectivity index (χ0v) is 6.59. The van der Waals surface area contributed by atoms with E-state index >= 15 is 0 Å². The molecule has 0 spiro atoms. The maximum Gasteiger partial charge on any atom is 0.112 e. The Balaban J connectivity index is 2.12. The molecule has 0 atom stereocenters. The SMILES string of the molecule is CC=CCOC1(C)COC1. The van der Waals surface area contributed by atoms with Gasteiger partial charge < -0.3 is 9.47 Å². The van der Waals surface area contributed by atoms with Crippen molar-refractivity contribution in [3.05, 3.63) is 12.2 Å². The molecule has 1 fully saturated rings. The molecule has 1 saturated heterocycles. The first-order valence-corrected chi connectivity index (χ1v) is 3.60. The molecule has 0 bridgehead atoms. The molecule has 0 N–H and O–H groups in total. The van der Waals surface area contributed by atoms with Crippen molar-refractivity contribution in [2.45, 2.75) is 19.4 Å². The summed E-state index contributed by atoms with van der Waals surface area (Å²) in [5.41, 5.74) is -0.000486. The quantitative estimate of drug-likeness (QED) is 0.554. The highest BCUT2D eigenvalue weighted by Crippen LogP contribution is 2.20. The van der Waals surface area contributed by atoms with Crippen molar-refractivity contribution in [1.82, 2.24) is 0 Å². The number of ether oxygens (including phenoxy) is 2. The monoisotopic (exact) mass is 142 g/mol. The zero-order valence-electron chi connectivity index (χ0n) is 6.59. The fourth-order valence-corrected chi connectivity index (χ4v) is 0.818. The standard InChI is InChI=1S/C8H14O2/c1-3-4-5-10-8(2)6-9-7-8/h3-4H,5-7H2,1-2H3. The summed E-state index contributed by atoms with van der Waals surface area (Å²) in [7, 11) is 0. The fourth-order valence-electron chi connectivity index (χ4n) is 0.818. The minimum absolute atomic E-state index is 0.000486. The highest BCUT2D eigenvalue weighted by Gasteiger charge is 2.33. The Morgan fingerprint density at radius 2 is 2.30 bits per heavy atom. The zero-order chi connectivity index (χ0) is 7.45. The van der Waals surface area contributed by atoms with Crippen LogP contribution in [-0.2, 0) is 9.47 Å². The van der Waals surface area contributed by atoms with Crippen LogP contribution in [0.1, 0.15) is 13.8 Å². The van der Waals surface area contributed by atoms with E-state index in [0.717, 1.165) is 13.2 Å². The number of hydrogen-bond acceptors (Lipinski definition) is 2. The summed E-state index contributed by atoms with van der Waals surface area (Å²) < 4.78 is 10.5. The highest BCUT2D eigenvalue weighted by atomic mass is 16.6. The predicted octanol–water partition coefficient (Wildman–Crippen LogP) is 1.37. The minimum Gasteiger partial charge on any atom is -0.375 e. The molecule has 0 aromatic carbocycles. The second-order valence-corrected chi connectivity index (χ2v) is 2.82. The Bertz CT molecular complexity index is 125. The van der Waals surface area contributed by atoms with Gasteiger partial charge in [-0.05, 0) is 13.8 Å². The van der Waals surface area contributed by atoms with Crippen LogP contribution in [0.2, 0.25) is 0 Å². The lowest BCUT2D eigenvalue weighted by Crippen LogP contribution is -2.49. The van der Waals surface area contributed by atoms with E-state index in [2.05, 4.69) is 6.92 Å². The molecule has 0 saturated carbocycles. The topological polar surface area (TPSA) is 18.5 Å². The van der Waals surface area contributed by atoms with E-state index in [9.17, 15) is 0 Å². The van der Waals surface area contributed by atoms with Crippen LogP contribution >= 0.6 is 0 Å². The van der Waals surface area contributed by atoms with Gasteiger partial charge in [0.05, 0.1) is 19.8 Å². The lowest BCUT2D eigenvalue weighted by Gasteiger charge is -2.37. The molecule has 1 rings (SSSR count). The van der Waals surface area contributed by atoms with E-state index in [0.29, 0.717) is 6.61 Å². The molecule has 0 radical (unpaired) electrons. The summed E-state index contributed by atoms with van der Waals surface area (Å²) >= 11 is 0.